The Morgan fingerprint density at radius 2 is 1.93 bits per heavy atom. The Bertz CT molecular complexity index is 1120. The summed E-state index contributed by atoms with van der Waals surface area (Å²) in [6.07, 6.45) is 11.3. The van der Waals surface area contributed by atoms with E-state index in [1.165, 1.54) is 37.6 Å². The minimum Gasteiger partial charge on any atom is -0.396 e. The predicted molar refractivity (Wildman–Crippen MR) is 120 cm³/mol. The van der Waals surface area contributed by atoms with E-state index in [1.54, 1.807) is 0 Å². The number of fused-ring (bicyclic) bond motifs is 2. The monoisotopic (exact) mass is 401 g/mol. The zero-order valence-electron chi connectivity index (χ0n) is 17.2. The highest BCUT2D eigenvalue weighted by molar-refractivity contribution is 5.91. The molecule has 6 heteroatoms. The molecule has 3 aliphatic rings. The topological polar surface area (TPSA) is 66.5 Å². The molecule has 6 nitrogen and oxygen atoms in total. The van der Waals surface area contributed by atoms with Crippen LogP contribution in [0.2, 0.25) is 0 Å². The smallest absolute Gasteiger partial charge is 0.129 e. The van der Waals surface area contributed by atoms with E-state index in [0.717, 1.165) is 53.4 Å². The molecular formula is C24H27N5O. The van der Waals surface area contributed by atoms with Crippen molar-refractivity contribution in [2.45, 2.75) is 44.6 Å². The number of aromatic nitrogens is 3. The van der Waals surface area contributed by atoms with Crippen molar-refractivity contribution in [3.8, 4) is 11.1 Å². The van der Waals surface area contributed by atoms with Gasteiger partial charge < -0.3 is 14.6 Å². The van der Waals surface area contributed by atoms with Crippen molar-refractivity contribution in [2.75, 3.05) is 24.6 Å². The minimum atomic E-state index is 0.248. The van der Waals surface area contributed by atoms with Crippen LogP contribution in [0, 0.1) is 5.92 Å². The van der Waals surface area contributed by atoms with Gasteiger partial charge in [0.25, 0.3) is 0 Å². The van der Waals surface area contributed by atoms with E-state index < -0.39 is 0 Å². The van der Waals surface area contributed by atoms with Gasteiger partial charge in [-0.1, -0.05) is 25.3 Å². The highest BCUT2D eigenvalue weighted by Gasteiger charge is 2.29. The second-order valence-electron chi connectivity index (χ2n) is 8.94. The van der Waals surface area contributed by atoms with Crippen LogP contribution in [-0.2, 0) is 6.42 Å². The molecule has 1 aromatic carbocycles. The third kappa shape index (κ3) is 2.93. The van der Waals surface area contributed by atoms with Crippen LogP contribution in [0.3, 0.4) is 0 Å². The maximum atomic E-state index is 9.36. The molecule has 0 atom stereocenters. The van der Waals surface area contributed by atoms with Crippen LogP contribution in [0.25, 0.3) is 22.2 Å². The number of anilines is 1. The van der Waals surface area contributed by atoms with Crippen molar-refractivity contribution in [1.29, 1.82) is 0 Å². The van der Waals surface area contributed by atoms with Gasteiger partial charge in [0.2, 0.25) is 0 Å². The molecular weight excluding hydrogens is 374 g/mol. The molecule has 1 N–H and O–H groups in total. The van der Waals surface area contributed by atoms with E-state index >= 15 is 0 Å². The van der Waals surface area contributed by atoms with E-state index in [9.17, 15) is 5.11 Å². The van der Waals surface area contributed by atoms with Gasteiger partial charge in [-0.2, -0.15) is 0 Å². The Kier molecular flexibility index (Phi) is 4.34. The first kappa shape index (κ1) is 18.1. The van der Waals surface area contributed by atoms with Crippen molar-refractivity contribution >= 4 is 28.8 Å². The lowest BCUT2D eigenvalue weighted by atomic mass is 9.95. The van der Waals surface area contributed by atoms with Gasteiger partial charge in [0.1, 0.15) is 5.82 Å². The zero-order chi connectivity index (χ0) is 20.1. The number of aliphatic imine (C=N–C) groups is 1. The molecule has 0 amide bonds. The fourth-order valence-corrected chi connectivity index (χ4v) is 5.19. The van der Waals surface area contributed by atoms with Gasteiger partial charge in [0, 0.05) is 49.9 Å². The Morgan fingerprint density at radius 1 is 1.07 bits per heavy atom. The molecule has 1 aliphatic carbocycles. The first-order valence-electron chi connectivity index (χ1n) is 11.2. The first-order valence-corrected chi connectivity index (χ1v) is 11.2. The highest BCUT2D eigenvalue weighted by Crippen LogP contribution is 2.40. The molecule has 154 valence electrons. The van der Waals surface area contributed by atoms with Crippen LogP contribution in [0.5, 0.6) is 0 Å². The molecule has 30 heavy (non-hydrogen) atoms. The normalized spacial score (nSPS) is 19.4. The molecule has 2 aliphatic heterocycles. The van der Waals surface area contributed by atoms with Crippen molar-refractivity contribution in [3.63, 3.8) is 0 Å². The number of nitrogens with zero attached hydrogens (tertiary/aromatic N) is 5. The van der Waals surface area contributed by atoms with Crippen molar-refractivity contribution < 1.29 is 5.11 Å². The summed E-state index contributed by atoms with van der Waals surface area (Å²) in [5.74, 6) is 1.35. The quantitative estimate of drug-likeness (QED) is 0.708. The minimum absolute atomic E-state index is 0.248. The van der Waals surface area contributed by atoms with E-state index in [2.05, 4.69) is 38.7 Å². The van der Waals surface area contributed by atoms with E-state index in [4.69, 9.17) is 9.97 Å². The lowest BCUT2D eigenvalue weighted by Crippen LogP contribution is -2.48. The van der Waals surface area contributed by atoms with Gasteiger partial charge in [0.05, 0.1) is 28.7 Å². The molecule has 6 rings (SSSR count). The first-order chi connectivity index (χ1) is 14.8. The predicted octanol–water partition coefficient (Wildman–Crippen LogP) is 4.29. The van der Waals surface area contributed by atoms with E-state index in [1.807, 2.05) is 12.5 Å². The second kappa shape index (κ2) is 7.20. The molecule has 0 bridgehead atoms. The molecule has 0 unspecified atom stereocenters. The summed E-state index contributed by atoms with van der Waals surface area (Å²) in [6.45, 7) is 1.98. The summed E-state index contributed by atoms with van der Waals surface area (Å²) in [6, 6.07) is 9.39. The average molecular weight is 402 g/mol. The van der Waals surface area contributed by atoms with E-state index in [0.29, 0.717) is 12.0 Å². The third-order valence-corrected chi connectivity index (χ3v) is 6.95. The molecule has 0 spiro atoms. The molecule has 1 saturated heterocycles. The number of hydrogen-bond donors (Lipinski definition) is 1. The maximum absolute atomic E-state index is 9.36. The second-order valence-corrected chi connectivity index (χ2v) is 8.94. The van der Waals surface area contributed by atoms with Crippen LogP contribution >= 0.6 is 0 Å². The van der Waals surface area contributed by atoms with Gasteiger partial charge in [-0.3, -0.25) is 4.99 Å². The Balaban J connectivity index is 1.38. The summed E-state index contributed by atoms with van der Waals surface area (Å²) >= 11 is 0. The number of benzene rings is 1. The van der Waals surface area contributed by atoms with Crippen LogP contribution in [-0.4, -0.2) is 45.6 Å². The Morgan fingerprint density at radius 3 is 2.77 bits per heavy atom. The molecule has 0 radical (unpaired) electrons. The fourth-order valence-electron chi connectivity index (χ4n) is 5.19. The van der Waals surface area contributed by atoms with Gasteiger partial charge in [-0.25, -0.2) is 9.97 Å². The van der Waals surface area contributed by atoms with Gasteiger partial charge >= 0.3 is 0 Å². The number of rotatable bonds is 4. The number of pyridine rings is 1. The Hall–Kier alpha value is -2.73. The number of aliphatic hydroxyl groups excluding tert-OH is 1. The van der Waals surface area contributed by atoms with Gasteiger partial charge in [-0.15, -0.1) is 0 Å². The number of aliphatic hydroxyl groups is 1. The lowest BCUT2D eigenvalue weighted by molar-refractivity contribution is 0.200. The van der Waals surface area contributed by atoms with E-state index in [-0.39, 0.29) is 6.61 Å². The van der Waals surface area contributed by atoms with Crippen LogP contribution < -0.4 is 4.90 Å². The summed E-state index contributed by atoms with van der Waals surface area (Å²) in [5, 5.41) is 9.36. The SMILES string of the molecule is OCC1CN(c2cc(-c3ccc4c(c3)ncn4C3CCCCC3)c3c(n2)CC=N3)C1. The standard InChI is InChI=1S/C24H27N5O/c30-14-16-12-28(13-16)23-11-19(24-20(27-23)8-9-25-24)17-6-7-22-21(10-17)26-15-29(22)18-4-2-1-3-5-18/h6-7,9-11,15-16,18,30H,1-5,8,12-14H2. The molecule has 2 aromatic heterocycles. The van der Waals surface area contributed by atoms with Gasteiger partial charge in [0.15, 0.2) is 0 Å². The molecule has 2 fully saturated rings. The van der Waals surface area contributed by atoms with Crippen LogP contribution in [0.15, 0.2) is 35.6 Å². The largest absolute Gasteiger partial charge is 0.396 e. The molecule has 1 saturated carbocycles. The fraction of sp³-hybridized carbons (Fsp3) is 0.458. The van der Waals surface area contributed by atoms with Crippen LogP contribution in [0.1, 0.15) is 43.8 Å². The van der Waals surface area contributed by atoms with Crippen molar-refractivity contribution in [2.24, 2.45) is 10.9 Å². The highest BCUT2D eigenvalue weighted by atomic mass is 16.3. The molecule has 4 heterocycles. The Labute approximate surface area is 176 Å². The number of imidazole rings is 1. The third-order valence-electron chi connectivity index (χ3n) is 6.95. The molecule has 3 aromatic rings. The van der Waals surface area contributed by atoms with Crippen molar-refractivity contribution in [3.05, 3.63) is 36.3 Å². The van der Waals surface area contributed by atoms with Gasteiger partial charge in [-0.05, 0) is 36.6 Å². The number of hydrogen-bond acceptors (Lipinski definition) is 5. The lowest BCUT2D eigenvalue weighted by Gasteiger charge is -2.39. The summed E-state index contributed by atoms with van der Waals surface area (Å²) < 4.78 is 2.38. The summed E-state index contributed by atoms with van der Waals surface area (Å²) in [5.41, 5.74) is 6.59. The van der Waals surface area contributed by atoms with Crippen molar-refractivity contribution in [1.82, 2.24) is 14.5 Å². The summed E-state index contributed by atoms with van der Waals surface area (Å²) in [7, 11) is 0. The maximum Gasteiger partial charge on any atom is 0.129 e. The zero-order valence-corrected chi connectivity index (χ0v) is 17.2. The van der Waals surface area contributed by atoms with Crippen LogP contribution in [0.4, 0.5) is 11.5 Å². The average Bonchev–Trinajstić information content (AvgIpc) is 3.39. The summed E-state index contributed by atoms with van der Waals surface area (Å²) in [4.78, 5) is 16.5.